The van der Waals surface area contributed by atoms with Crippen molar-refractivity contribution in [1.29, 1.82) is 0 Å². The minimum Gasteiger partial charge on any atom is -0.494 e. The summed E-state index contributed by atoms with van der Waals surface area (Å²) in [4.78, 5) is 26.7. The van der Waals surface area contributed by atoms with Crippen LogP contribution in [-0.2, 0) is 22.6 Å². The Balaban J connectivity index is 1.26. The number of para-hydroxylation sites is 2. The van der Waals surface area contributed by atoms with Gasteiger partial charge in [-0.15, -0.1) is 0 Å². The second-order valence-corrected chi connectivity index (χ2v) is 10.8. The summed E-state index contributed by atoms with van der Waals surface area (Å²) in [5.41, 5.74) is 4.78. The molecule has 230 valence electrons. The molecule has 0 radical (unpaired) electrons. The summed E-state index contributed by atoms with van der Waals surface area (Å²) in [7, 11) is 0. The monoisotopic (exact) mass is 594 g/mol. The number of carbonyl (C=O) groups excluding carboxylic acids is 1. The second kappa shape index (κ2) is 16.8. The maximum atomic E-state index is 12.7. The van der Waals surface area contributed by atoms with Crippen molar-refractivity contribution in [3.8, 4) is 11.5 Å². The zero-order valence-corrected chi connectivity index (χ0v) is 25.6. The molecule has 1 atom stereocenters. The Morgan fingerprint density at radius 2 is 1.55 bits per heavy atom. The number of nitrogens with zero attached hydrogens (tertiary/aromatic N) is 1. The minimum absolute atomic E-state index is 0.123. The Labute approximate surface area is 260 Å². The molecular formula is C37H42N2O5. The van der Waals surface area contributed by atoms with Crippen LogP contribution in [0.1, 0.15) is 49.3 Å². The van der Waals surface area contributed by atoms with Gasteiger partial charge in [-0.25, -0.2) is 4.79 Å². The van der Waals surface area contributed by atoms with E-state index in [1.165, 1.54) is 0 Å². The smallest absolute Gasteiger partial charge is 0.326 e. The summed E-state index contributed by atoms with van der Waals surface area (Å²) in [5, 5.41) is 13.1. The number of ether oxygens (including phenoxy) is 2. The lowest BCUT2D eigenvalue weighted by Crippen LogP contribution is -2.32. The van der Waals surface area contributed by atoms with Crippen LogP contribution in [0.4, 0.5) is 11.4 Å². The van der Waals surface area contributed by atoms with Gasteiger partial charge in [0, 0.05) is 18.7 Å². The molecule has 2 N–H and O–H groups in total. The van der Waals surface area contributed by atoms with Crippen molar-refractivity contribution >= 4 is 23.3 Å². The van der Waals surface area contributed by atoms with Gasteiger partial charge in [-0.3, -0.25) is 4.79 Å². The predicted octanol–water partition coefficient (Wildman–Crippen LogP) is 7.67. The first-order chi connectivity index (χ1) is 21.4. The van der Waals surface area contributed by atoms with Crippen LogP contribution in [-0.4, -0.2) is 36.2 Å². The Morgan fingerprint density at radius 3 is 2.25 bits per heavy atom. The highest BCUT2D eigenvalue weighted by molar-refractivity contribution is 5.93. The fourth-order valence-corrected chi connectivity index (χ4v) is 4.84. The minimum atomic E-state index is -0.917. The van der Waals surface area contributed by atoms with Crippen molar-refractivity contribution in [2.45, 2.75) is 58.6 Å². The number of anilines is 2. The summed E-state index contributed by atoms with van der Waals surface area (Å²) in [6.45, 7) is 5.51. The SMILES string of the molecule is CCCC(=O)N(CCCOc1ccc(CCC(Nc2ccccc2OCc2ccccc2)C(=O)O)cc1)c1ccc(C)cc1. The highest BCUT2D eigenvalue weighted by atomic mass is 16.5. The largest absolute Gasteiger partial charge is 0.494 e. The number of rotatable bonds is 17. The summed E-state index contributed by atoms with van der Waals surface area (Å²) in [5.74, 6) is 0.562. The molecule has 1 amide bonds. The van der Waals surface area contributed by atoms with Gasteiger partial charge in [-0.05, 0) is 80.1 Å². The van der Waals surface area contributed by atoms with Crippen LogP contribution >= 0.6 is 0 Å². The molecule has 0 fully saturated rings. The number of carboxylic acid groups (broad SMARTS) is 1. The lowest BCUT2D eigenvalue weighted by molar-refractivity contribution is -0.138. The van der Waals surface area contributed by atoms with Gasteiger partial charge in [0.15, 0.2) is 0 Å². The van der Waals surface area contributed by atoms with Crippen LogP contribution in [0.25, 0.3) is 0 Å². The molecule has 4 aromatic carbocycles. The van der Waals surface area contributed by atoms with E-state index in [1.54, 1.807) is 0 Å². The third-order valence-electron chi connectivity index (χ3n) is 7.30. The molecule has 7 heteroatoms. The van der Waals surface area contributed by atoms with Crippen molar-refractivity contribution in [2.24, 2.45) is 0 Å². The molecule has 0 aliphatic rings. The van der Waals surface area contributed by atoms with Gasteiger partial charge in [0.25, 0.3) is 0 Å². The molecule has 0 saturated carbocycles. The van der Waals surface area contributed by atoms with Gasteiger partial charge in [0.1, 0.15) is 24.1 Å². The Hall–Kier alpha value is -4.78. The van der Waals surface area contributed by atoms with E-state index in [2.05, 4.69) is 5.32 Å². The number of carboxylic acids is 1. The van der Waals surface area contributed by atoms with Crippen LogP contribution in [0.3, 0.4) is 0 Å². The summed E-state index contributed by atoms with van der Waals surface area (Å²) in [6, 6.07) is 32.3. The van der Waals surface area contributed by atoms with Crippen molar-refractivity contribution < 1.29 is 24.2 Å². The predicted molar refractivity (Wildman–Crippen MR) is 176 cm³/mol. The van der Waals surface area contributed by atoms with E-state index >= 15 is 0 Å². The summed E-state index contributed by atoms with van der Waals surface area (Å²) >= 11 is 0. The van der Waals surface area contributed by atoms with Gasteiger partial charge in [0.05, 0.1) is 12.3 Å². The van der Waals surface area contributed by atoms with E-state index in [0.717, 1.165) is 34.5 Å². The normalized spacial score (nSPS) is 11.4. The molecule has 0 spiro atoms. The number of nitrogens with one attached hydrogen (secondary N) is 1. The fourth-order valence-electron chi connectivity index (χ4n) is 4.84. The van der Waals surface area contributed by atoms with Crippen LogP contribution in [0.5, 0.6) is 11.5 Å². The highest BCUT2D eigenvalue weighted by Gasteiger charge is 2.19. The average molecular weight is 595 g/mol. The van der Waals surface area contributed by atoms with Crippen molar-refractivity contribution in [2.75, 3.05) is 23.4 Å². The molecule has 4 aromatic rings. The number of carbonyl (C=O) groups is 2. The molecular weight excluding hydrogens is 552 g/mol. The summed E-state index contributed by atoms with van der Waals surface area (Å²) < 4.78 is 12.0. The molecule has 0 aliphatic heterocycles. The van der Waals surface area contributed by atoms with Crippen LogP contribution in [0.15, 0.2) is 103 Å². The molecule has 0 bridgehead atoms. The molecule has 7 nitrogen and oxygen atoms in total. The van der Waals surface area contributed by atoms with Crippen molar-refractivity contribution in [1.82, 2.24) is 0 Å². The lowest BCUT2D eigenvalue weighted by Gasteiger charge is -2.23. The zero-order chi connectivity index (χ0) is 31.1. The number of aliphatic carboxylic acids is 1. The standard InChI is InChI=1S/C37H42N2O5/c1-3-10-36(40)39(31-20-15-28(2)16-21-31)25-9-26-43-32-22-17-29(18-23-32)19-24-34(37(41)42)38-33-13-7-8-14-35(33)44-27-30-11-5-4-6-12-30/h4-8,11-18,20-23,34,38H,3,9-10,19,24-27H2,1-2H3,(H,41,42). The van der Waals surface area contributed by atoms with E-state index in [9.17, 15) is 14.7 Å². The number of aryl methyl sites for hydroxylation is 2. The van der Waals surface area contributed by atoms with Gasteiger partial charge in [-0.2, -0.15) is 0 Å². The molecule has 0 heterocycles. The Kier molecular flexibility index (Phi) is 12.2. The van der Waals surface area contributed by atoms with Crippen LogP contribution in [0.2, 0.25) is 0 Å². The van der Waals surface area contributed by atoms with Crippen molar-refractivity contribution in [3.63, 3.8) is 0 Å². The highest BCUT2D eigenvalue weighted by Crippen LogP contribution is 2.26. The number of hydrogen-bond acceptors (Lipinski definition) is 5. The second-order valence-electron chi connectivity index (χ2n) is 10.8. The zero-order valence-electron chi connectivity index (χ0n) is 25.6. The molecule has 4 rings (SSSR count). The third-order valence-corrected chi connectivity index (χ3v) is 7.30. The van der Waals surface area contributed by atoms with E-state index in [0.29, 0.717) is 56.9 Å². The number of hydrogen-bond donors (Lipinski definition) is 2. The number of benzene rings is 4. The van der Waals surface area contributed by atoms with Crippen LogP contribution < -0.4 is 19.7 Å². The molecule has 1 unspecified atom stereocenters. The number of amides is 1. The van der Waals surface area contributed by atoms with Gasteiger partial charge >= 0.3 is 5.97 Å². The Morgan fingerprint density at radius 1 is 0.841 bits per heavy atom. The maximum absolute atomic E-state index is 12.7. The molecule has 44 heavy (non-hydrogen) atoms. The quantitative estimate of drug-likeness (QED) is 0.122. The van der Waals surface area contributed by atoms with E-state index in [4.69, 9.17) is 9.47 Å². The molecule has 0 aliphatic carbocycles. The van der Waals surface area contributed by atoms with Crippen LogP contribution in [0, 0.1) is 6.92 Å². The van der Waals surface area contributed by atoms with E-state index in [1.807, 2.05) is 122 Å². The van der Waals surface area contributed by atoms with Gasteiger partial charge < -0.3 is 24.8 Å². The first-order valence-corrected chi connectivity index (χ1v) is 15.3. The summed E-state index contributed by atoms with van der Waals surface area (Å²) in [6.07, 6.45) is 3.02. The third kappa shape index (κ3) is 9.90. The maximum Gasteiger partial charge on any atom is 0.326 e. The van der Waals surface area contributed by atoms with Gasteiger partial charge in [-0.1, -0.05) is 79.2 Å². The first kappa shape index (κ1) is 32.1. The molecule has 0 aromatic heterocycles. The lowest BCUT2D eigenvalue weighted by atomic mass is 10.0. The van der Waals surface area contributed by atoms with E-state index < -0.39 is 12.0 Å². The fraction of sp³-hybridized carbons (Fsp3) is 0.297. The Bertz CT molecular complexity index is 1460. The average Bonchev–Trinajstić information content (AvgIpc) is 3.04. The first-order valence-electron chi connectivity index (χ1n) is 15.3. The van der Waals surface area contributed by atoms with Gasteiger partial charge in [0.2, 0.25) is 5.91 Å². The molecule has 0 saturated heterocycles. The topological polar surface area (TPSA) is 88.1 Å². The van der Waals surface area contributed by atoms with Crippen molar-refractivity contribution in [3.05, 3.63) is 120 Å². The van der Waals surface area contributed by atoms with E-state index in [-0.39, 0.29) is 5.91 Å².